The summed E-state index contributed by atoms with van der Waals surface area (Å²) in [5, 5.41) is 13.9. The third kappa shape index (κ3) is 1.80. The van der Waals surface area contributed by atoms with Crippen LogP contribution >= 0.6 is 0 Å². The van der Waals surface area contributed by atoms with E-state index in [-0.39, 0.29) is 6.04 Å². The maximum absolute atomic E-state index is 10.4. The Bertz CT molecular complexity index is 198. The molecule has 0 amide bonds. The second-order valence-corrected chi connectivity index (χ2v) is 4.71. The molecule has 14 heavy (non-hydrogen) atoms. The molecule has 0 saturated carbocycles. The molecule has 2 rings (SSSR count). The zero-order chi connectivity index (χ0) is 10.2. The molecule has 2 aliphatic rings. The highest BCUT2D eigenvalue weighted by Crippen LogP contribution is 2.35. The highest BCUT2D eigenvalue weighted by atomic mass is 16.5. The van der Waals surface area contributed by atoms with E-state index in [9.17, 15) is 5.11 Å². The summed E-state index contributed by atoms with van der Waals surface area (Å²) < 4.78 is 5.01. The van der Waals surface area contributed by atoms with Crippen molar-refractivity contribution in [2.45, 2.75) is 49.4 Å². The summed E-state index contributed by atoms with van der Waals surface area (Å²) >= 11 is 0. The Hall–Kier alpha value is -0.160. The summed E-state index contributed by atoms with van der Waals surface area (Å²) in [7, 11) is 1.62. The lowest BCUT2D eigenvalue weighted by Crippen LogP contribution is -2.59. The van der Waals surface area contributed by atoms with Crippen LogP contribution in [0.5, 0.6) is 0 Å². The van der Waals surface area contributed by atoms with Crippen LogP contribution in [0, 0.1) is 0 Å². The predicted molar refractivity (Wildman–Crippen MR) is 54.0 cm³/mol. The fourth-order valence-electron chi connectivity index (χ4n) is 2.80. The molecule has 0 aromatic carbocycles. The second-order valence-electron chi connectivity index (χ2n) is 4.71. The Balaban J connectivity index is 2.01. The maximum atomic E-state index is 10.4. The molecule has 2 fully saturated rings. The molecule has 2 aliphatic heterocycles. The number of methoxy groups -OCH3 is 1. The molecule has 4 heteroatoms. The topological polar surface area (TPSA) is 67.5 Å². The number of rotatable bonds is 3. The summed E-state index contributed by atoms with van der Waals surface area (Å²) in [6.07, 6.45) is 3.89. The van der Waals surface area contributed by atoms with Crippen LogP contribution in [0.25, 0.3) is 0 Å². The van der Waals surface area contributed by atoms with Gasteiger partial charge in [0.1, 0.15) is 0 Å². The number of hydrogen-bond donors (Lipinski definition) is 3. The van der Waals surface area contributed by atoms with Crippen molar-refractivity contribution in [1.29, 1.82) is 0 Å². The lowest BCUT2D eigenvalue weighted by atomic mass is 9.82. The third-order valence-electron chi connectivity index (χ3n) is 3.57. The van der Waals surface area contributed by atoms with Gasteiger partial charge < -0.3 is 20.9 Å². The van der Waals surface area contributed by atoms with Crippen molar-refractivity contribution in [2.75, 3.05) is 13.7 Å². The largest absolute Gasteiger partial charge is 0.388 e. The first-order chi connectivity index (χ1) is 6.64. The fraction of sp³-hybridized carbons (Fsp3) is 1.00. The number of fused-ring (bicyclic) bond motifs is 2. The van der Waals surface area contributed by atoms with E-state index in [2.05, 4.69) is 5.32 Å². The van der Waals surface area contributed by atoms with Crippen molar-refractivity contribution in [3.63, 3.8) is 0 Å². The molecule has 0 aliphatic carbocycles. The van der Waals surface area contributed by atoms with Gasteiger partial charge in [-0.05, 0) is 25.7 Å². The first-order valence-corrected chi connectivity index (χ1v) is 5.37. The number of nitrogens with two attached hydrogens (primary N) is 1. The maximum Gasteiger partial charge on any atom is 0.0850 e. The van der Waals surface area contributed by atoms with Gasteiger partial charge in [-0.1, -0.05) is 0 Å². The summed E-state index contributed by atoms with van der Waals surface area (Å²) in [6, 6.07) is 0.668. The van der Waals surface area contributed by atoms with E-state index in [0.717, 1.165) is 12.8 Å². The van der Waals surface area contributed by atoms with Crippen molar-refractivity contribution in [1.82, 2.24) is 5.32 Å². The molecular weight excluding hydrogens is 180 g/mol. The van der Waals surface area contributed by atoms with Gasteiger partial charge in [-0.2, -0.15) is 0 Å². The standard InChI is InChI=1S/C10H20N2O2/c1-14-6-9(11)10(13)4-7-2-3-8(5-10)12-7/h7-9,12-13H,2-6,11H2,1H3. The molecule has 4 nitrogen and oxygen atoms in total. The van der Waals surface area contributed by atoms with Crippen LogP contribution in [0.4, 0.5) is 0 Å². The lowest BCUT2D eigenvalue weighted by Gasteiger charge is -2.40. The van der Waals surface area contributed by atoms with Crippen LogP contribution in [0.1, 0.15) is 25.7 Å². The Morgan fingerprint density at radius 3 is 2.57 bits per heavy atom. The van der Waals surface area contributed by atoms with Gasteiger partial charge >= 0.3 is 0 Å². The van der Waals surface area contributed by atoms with Crippen LogP contribution in [-0.4, -0.2) is 42.5 Å². The number of ether oxygens (including phenoxy) is 1. The first kappa shape index (κ1) is 10.4. The molecule has 0 spiro atoms. The third-order valence-corrected chi connectivity index (χ3v) is 3.57. The molecule has 2 saturated heterocycles. The molecular formula is C10H20N2O2. The van der Waals surface area contributed by atoms with E-state index < -0.39 is 5.60 Å². The van der Waals surface area contributed by atoms with Crippen molar-refractivity contribution >= 4 is 0 Å². The Labute approximate surface area is 84.8 Å². The second kappa shape index (κ2) is 3.77. The highest BCUT2D eigenvalue weighted by molar-refractivity contribution is 5.04. The van der Waals surface area contributed by atoms with E-state index in [1.807, 2.05) is 0 Å². The van der Waals surface area contributed by atoms with Crippen molar-refractivity contribution < 1.29 is 9.84 Å². The SMILES string of the molecule is COCC(N)C1(O)CC2CCC(C1)N2. The van der Waals surface area contributed by atoms with Gasteiger partial charge in [0.2, 0.25) is 0 Å². The molecule has 2 heterocycles. The van der Waals surface area contributed by atoms with Gasteiger partial charge in [0.25, 0.3) is 0 Å². The zero-order valence-corrected chi connectivity index (χ0v) is 8.70. The molecule has 0 aromatic rings. The van der Waals surface area contributed by atoms with Gasteiger partial charge in [-0.25, -0.2) is 0 Å². The average molecular weight is 200 g/mol. The van der Waals surface area contributed by atoms with E-state index in [0.29, 0.717) is 18.7 Å². The minimum absolute atomic E-state index is 0.252. The van der Waals surface area contributed by atoms with Crippen LogP contribution in [0.15, 0.2) is 0 Å². The molecule has 0 aromatic heterocycles. The van der Waals surface area contributed by atoms with E-state index >= 15 is 0 Å². The monoisotopic (exact) mass is 200 g/mol. The smallest absolute Gasteiger partial charge is 0.0850 e. The summed E-state index contributed by atoms with van der Waals surface area (Å²) in [4.78, 5) is 0. The van der Waals surface area contributed by atoms with Gasteiger partial charge in [-0.3, -0.25) is 0 Å². The Morgan fingerprint density at radius 1 is 1.50 bits per heavy atom. The summed E-state index contributed by atoms with van der Waals surface area (Å²) in [5.74, 6) is 0. The van der Waals surface area contributed by atoms with E-state index in [1.54, 1.807) is 7.11 Å². The molecule has 2 bridgehead atoms. The number of nitrogens with one attached hydrogen (secondary N) is 1. The van der Waals surface area contributed by atoms with Crippen molar-refractivity contribution in [2.24, 2.45) is 5.73 Å². The van der Waals surface area contributed by atoms with Crippen molar-refractivity contribution in [3.8, 4) is 0 Å². The van der Waals surface area contributed by atoms with E-state index in [4.69, 9.17) is 10.5 Å². The molecule has 4 N–H and O–H groups in total. The molecule has 3 atom stereocenters. The van der Waals surface area contributed by atoms with Crippen LogP contribution in [0.2, 0.25) is 0 Å². The van der Waals surface area contributed by atoms with Crippen LogP contribution in [-0.2, 0) is 4.74 Å². The van der Waals surface area contributed by atoms with E-state index in [1.165, 1.54) is 12.8 Å². The van der Waals surface area contributed by atoms with Gasteiger partial charge in [0.15, 0.2) is 0 Å². The lowest BCUT2D eigenvalue weighted by molar-refractivity contribution is -0.0468. The number of aliphatic hydroxyl groups is 1. The fourth-order valence-corrected chi connectivity index (χ4v) is 2.80. The molecule has 3 unspecified atom stereocenters. The summed E-state index contributed by atoms with van der Waals surface area (Å²) in [6.45, 7) is 0.440. The first-order valence-electron chi connectivity index (χ1n) is 5.37. The number of piperidine rings is 1. The minimum Gasteiger partial charge on any atom is -0.388 e. The Kier molecular flexibility index (Phi) is 2.79. The number of hydrogen-bond acceptors (Lipinski definition) is 4. The van der Waals surface area contributed by atoms with Gasteiger partial charge in [0.05, 0.1) is 18.2 Å². The van der Waals surface area contributed by atoms with Crippen molar-refractivity contribution in [3.05, 3.63) is 0 Å². The van der Waals surface area contributed by atoms with Gasteiger partial charge in [-0.15, -0.1) is 0 Å². The summed E-state index contributed by atoms with van der Waals surface area (Å²) in [5.41, 5.74) is 5.23. The van der Waals surface area contributed by atoms with Crippen LogP contribution < -0.4 is 11.1 Å². The van der Waals surface area contributed by atoms with Crippen LogP contribution in [0.3, 0.4) is 0 Å². The normalized spacial score (nSPS) is 43.9. The minimum atomic E-state index is -0.715. The Morgan fingerprint density at radius 2 is 2.07 bits per heavy atom. The molecule has 0 radical (unpaired) electrons. The predicted octanol–water partition coefficient (Wildman–Crippen LogP) is -0.394. The zero-order valence-electron chi connectivity index (χ0n) is 8.70. The average Bonchev–Trinajstić information content (AvgIpc) is 2.46. The quantitative estimate of drug-likeness (QED) is 0.580. The molecule has 82 valence electrons. The highest BCUT2D eigenvalue weighted by Gasteiger charge is 2.45. The van der Waals surface area contributed by atoms with Gasteiger partial charge in [0, 0.05) is 19.2 Å².